The van der Waals surface area contributed by atoms with Gasteiger partial charge in [-0.2, -0.15) is 10.4 Å². The van der Waals surface area contributed by atoms with Crippen LogP contribution in [0.15, 0.2) is 84.9 Å². The second-order valence-corrected chi connectivity index (χ2v) is 6.45. The fourth-order valence-electron chi connectivity index (χ4n) is 3.16. The van der Waals surface area contributed by atoms with E-state index in [0.29, 0.717) is 11.3 Å². The van der Waals surface area contributed by atoms with Crippen LogP contribution in [0.3, 0.4) is 0 Å². The minimum absolute atomic E-state index is 0.267. The van der Waals surface area contributed by atoms with E-state index in [4.69, 9.17) is 4.74 Å². The summed E-state index contributed by atoms with van der Waals surface area (Å²) in [6.07, 6.45) is 0. The summed E-state index contributed by atoms with van der Waals surface area (Å²) in [7, 11) is 0. The van der Waals surface area contributed by atoms with E-state index in [9.17, 15) is 5.26 Å². The van der Waals surface area contributed by atoms with E-state index in [1.165, 1.54) is 5.56 Å². The summed E-state index contributed by atoms with van der Waals surface area (Å²) < 4.78 is 7.77. The first kappa shape index (κ1) is 17.6. The van der Waals surface area contributed by atoms with E-state index >= 15 is 0 Å². The van der Waals surface area contributed by atoms with Crippen LogP contribution < -0.4 is 4.74 Å². The molecule has 1 aromatic heterocycles. The van der Waals surface area contributed by atoms with Crippen molar-refractivity contribution in [1.29, 1.82) is 5.26 Å². The molecule has 0 bridgehead atoms. The van der Waals surface area contributed by atoms with Crippen LogP contribution in [0.2, 0.25) is 0 Å². The van der Waals surface area contributed by atoms with Crippen molar-refractivity contribution >= 4 is 0 Å². The van der Waals surface area contributed by atoms with Gasteiger partial charge in [0.1, 0.15) is 24.0 Å². The first-order chi connectivity index (χ1) is 13.8. The topological polar surface area (TPSA) is 50.8 Å². The fraction of sp³-hybridized carbons (Fsp3) is 0.0833. The number of para-hydroxylation sites is 1. The molecule has 4 nitrogen and oxygen atoms in total. The summed E-state index contributed by atoms with van der Waals surface area (Å²) in [4.78, 5) is 0. The average molecular weight is 365 g/mol. The monoisotopic (exact) mass is 365 g/mol. The molecular weight excluding hydrogens is 346 g/mol. The number of hydrogen-bond donors (Lipinski definition) is 0. The van der Waals surface area contributed by atoms with Gasteiger partial charge in [0, 0.05) is 0 Å². The Labute approximate surface area is 164 Å². The first-order valence-corrected chi connectivity index (χ1v) is 9.08. The molecule has 0 aliphatic rings. The molecular formula is C24H19N3O. The second-order valence-electron chi connectivity index (χ2n) is 6.45. The third-order valence-corrected chi connectivity index (χ3v) is 4.61. The molecule has 0 radical (unpaired) electrons. The molecule has 0 amide bonds. The SMILES string of the molecule is Cc1nn(-c2ccccc2)c(COc2ccc(-c3ccccc3)cc2)c1C#N. The Morgan fingerprint density at radius 2 is 1.46 bits per heavy atom. The van der Waals surface area contributed by atoms with E-state index in [0.717, 1.165) is 22.7 Å². The fourth-order valence-corrected chi connectivity index (χ4v) is 3.16. The number of nitriles is 1. The van der Waals surface area contributed by atoms with Crippen LogP contribution in [0, 0.1) is 18.3 Å². The molecule has 3 aromatic carbocycles. The molecule has 0 aliphatic carbocycles. The molecule has 4 heteroatoms. The Morgan fingerprint density at radius 3 is 2.11 bits per heavy atom. The van der Waals surface area contributed by atoms with E-state index in [2.05, 4.69) is 23.3 Å². The van der Waals surface area contributed by atoms with E-state index in [1.54, 1.807) is 4.68 Å². The lowest BCUT2D eigenvalue weighted by atomic mass is 10.1. The number of rotatable bonds is 5. The smallest absolute Gasteiger partial charge is 0.132 e. The quantitative estimate of drug-likeness (QED) is 0.482. The molecule has 28 heavy (non-hydrogen) atoms. The van der Waals surface area contributed by atoms with Gasteiger partial charge in [0.2, 0.25) is 0 Å². The van der Waals surface area contributed by atoms with Crippen molar-refractivity contribution in [2.45, 2.75) is 13.5 Å². The summed E-state index contributed by atoms with van der Waals surface area (Å²) in [5.41, 5.74) is 5.21. The molecule has 4 rings (SSSR count). The maximum Gasteiger partial charge on any atom is 0.132 e. The van der Waals surface area contributed by atoms with Crippen molar-refractivity contribution in [3.8, 4) is 28.6 Å². The average Bonchev–Trinajstić information content (AvgIpc) is 3.09. The molecule has 0 unspecified atom stereocenters. The normalized spacial score (nSPS) is 10.4. The molecule has 0 saturated carbocycles. The van der Waals surface area contributed by atoms with Gasteiger partial charge in [-0.25, -0.2) is 4.68 Å². The molecule has 0 N–H and O–H groups in total. The Hall–Kier alpha value is -3.84. The van der Waals surface area contributed by atoms with Crippen LogP contribution >= 0.6 is 0 Å². The zero-order chi connectivity index (χ0) is 19.3. The third-order valence-electron chi connectivity index (χ3n) is 4.61. The number of hydrogen-bond acceptors (Lipinski definition) is 3. The summed E-state index contributed by atoms with van der Waals surface area (Å²) >= 11 is 0. The molecule has 0 fully saturated rings. The van der Waals surface area contributed by atoms with Crippen LogP contribution in [0.1, 0.15) is 17.0 Å². The highest BCUT2D eigenvalue weighted by molar-refractivity contribution is 5.63. The molecule has 0 spiro atoms. The second kappa shape index (κ2) is 7.81. The van der Waals surface area contributed by atoms with Gasteiger partial charge in [-0.05, 0) is 42.3 Å². The zero-order valence-corrected chi connectivity index (χ0v) is 15.5. The molecule has 0 aliphatic heterocycles. The van der Waals surface area contributed by atoms with Crippen molar-refractivity contribution in [3.05, 3.63) is 102 Å². The Kier molecular flexibility index (Phi) is 4.90. The van der Waals surface area contributed by atoms with Crippen LogP contribution in [0.5, 0.6) is 5.75 Å². The minimum Gasteiger partial charge on any atom is -0.487 e. The predicted molar refractivity (Wildman–Crippen MR) is 109 cm³/mol. The maximum absolute atomic E-state index is 9.56. The maximum atomic E-state index is 9.56. The number of aromatic nitrogens is 2. The van der Waals surface area contributed by atoms with Gasteiger partial charge < -0.3 is 4.74 Å². The number of nitrogens with zero attached hydrogens (tertiary/aromatic N) is 3. The Bertz CT molecular complexity index is 1110. The lowest BCUT2D eigenvalue weighted by molar-refractivity contribution is 0.297. The van der Waals surface area contributed by atoms with Gasteiger partial charge in [-0.15, -0.1) is 0 Å². The van der Waals surface area contributed by atoms with Crippen molar-refractivity contribution in [2.24, 2.45) is 0 Å². The minimum atomic E-state index is 0.267. The lowest BCUT2D eigenvalue weighted by Crippen LogP contribution is -2.07. The van der Waals surface area contributed by atoms with Gasteiger partial charge in [-0.1, -0.05) is 60.7 Å². The molecule has 4 aromatic rings. The van der Waals surface area contributed by atoms with Crippen LogP contribution in [0.25, 0.3) is 16.8 Å². The lowest BCUT2D eigenvalue weighted by Gasteiger charge is -2.10. The summed E-state index contributed by atoms with van der Waals surface area (Å²) in [6.45, 7) is 2.11. The van der Waals surface area contributed by atoms with Gasteiger partial charge in [0.15, 0.2) is 0 Å². The predicted octanol–water partition coefficient (Wildman–Crippen LogP) is 5.30. The largest absolute Gasteiger partial charge is 0.487 e. The molecule has 0 atom stereocenters. The summed E-state index contributed by atoms with van der Waals surface area (Å²) in [5.74, 6) is 0.752. The zero-order valence-electron chi connectivity index (χ0n) is 15.5. The number of aryl methyl sites for hydroxylation is 1. The molecule has 0 saturated heterocycles. The van der Waals surface area contributed by atoms with Crippen molar-refractivity contribution in [2.75, 3.05) is 0 Å². The van der Waals surface area contributed by atoms with Gasteiger partial charge >= 0.3 is 0 Å². The first-order valence-electron chi connectivity index (χ1n) is 9.08. The Morgan fingerprint density at radius 1 is 0.857 bits per heavy atom. The van der Waals surface area contributed by atoms with Crippen molar-refractivity contribution in [3.63, 3.8) is 0 Å². The Balaban J connectivity index is 1.58. The summed E-state index contributed by atoms with van der Waals surface area (Å²) in [6, 6.07) is 30.2. The van der Waals surface area contributed by atoms with Gasteiger partial charge in [0.05, 0.1) is 17.1 Å². The highest BCUT2D eigenvalue weighted by atomic mass is 16.5. The van der Waals surface area contributed by atoms with Crippen molar-refractivity contribution < 1.29 is 4.74 Å². The van der Waals surface area contributed by atoms with Gasteiger partial charge in [-0.3, -0.25) is 0 Å². The highest BCUT2D eigenvalue weighted by Crippen LogP contribution is 2.24. The molecule has 1 heterocycles. The number of ether oxygens (including phenoxy) is 1. The van der Waals surface area contributed by atoms with Crippen LogP contribution in [0.4, 0.5) is 0 Å². The van der Waals surface area contributed by atoms with E-state index in [-0.39, 0.29) is 6.61 Å². The van der Waals surface area contributed by atoms with Crippen LogP contribution in [-0.2, 0) is 6.61 Å². The van der Waals surface area contributed by atoms with E-state index in [1.807, 2.05) is 79.7 Å². The standard InChI is InChI=1S/C24H19N3O/c1-18-23(16-25)24(27(26-18)21-10-6-3-7-11-21)17-28-22-14-12-20(13-15-22)19-8-4-2-5-9-19/h2-15H,17H2,1H3. The molecule has 136 valence electrons. The van der Waals surface area contributed by atoms with Crippen molar-refractivity contribution in [1.82, 2.24) is 9.78 Å². The number of benzene rings is 3. The third kappa shape index (κ3) is 3.51. The van der Waals surface area contributed by atoms with Gasteiger partial charge in [0.25, 0.3) is 0 Å². The van der Waals surface area contributed by atoms with Crippen LogP contribution in [-0.4, -0.2) is 9.78 Å². The van der Waals surface area contributed by atoms with E-state index < -0.39 is 0 Å². The summed E-state index contributed by atoms with van der Waals surface area (Å²) in [5, 5.41) is 14.1. The highest BCUT2D eigenvalue weighted by Gasteiger charge is 2.17.